The Balaban J connectivity index is 4.44. The second-order valence-corrected chi connectivity index (χ2v) is 13.3. The summed E-state index contributed by atoms with van der Waals surface area (Å²) in [5.74, 6) is -3.90. The van der Waals surface area contributed by atoms with Crippen molar-refractivity contribution in [1.82, 2.24) is 0 Å². The van der Waals surface area contributed by atoms with Crippen LogP contribution in [0.25, 0.3) is 0 Å². The lowest BCUT2D eigenvalue weighted by molar-refractivity contribution is -0.929. The molecule has 0 aliphatic carbocycles. The predicted molar refractivity (Wildman–Crippen MR) is 177 cm³/mol. The second kappa shape index (κ2) is 26.5. The summed E-state index contributed by atoms with van der Waals surface area (Å²) in [4.78, 5) is 34.5. The summed E-state index contributed by atoms with van der Waals surface area (Å²) < 4.78 is 0.613. The summed E-state index contributed by atoms with van der Waals surface area (Å²) in [7, 11) is 0. The molecule has 0 radical (unpaired) electrons. The molecule has 0 amide bonds. The third kappa shape index (κ3) is 23.2. The van der Waals surface area contributed by atoms with E-state index in [0.717, 1.165) is 19.4 Å². The molecule has 7 nitrogen and oxygen atoms in total. The van der Waals surface area contributed by atoms with E-state index in [1.165, 1.54) is 96.3 Å². The van der Waals surface area contributed by atoms with E-state index in [4.69, 9.17) is 0 Å². The van der Waals surface area contributed by atoms with Gasteiger partial charge in [-0.25, -0.2) is 0 Å². The van der Waals surface area contributed by atoms with Crippen molar-refractivity contribution in [1.29, 1.82) is 0 Å². The normalized spacial score (nSPS) is 15.3. The van der Waals surface area contributed by atoms with Crippen molar-refractivity contribution in [3.63, 3.8) is 0 Å². The van der Waals surface area contributed by atoms with Crippen molar-refractivity contribution in [2.24, 2.45) is 17.8 Å². The smallest absolute Gasteiger partial charge is 0.306 e. The molecule has 0 bridgehead atoms. The summed E-state index contributed by atoms with van der Waals surface area (Å²) in [6, 6.07) is 0. The number of hydrogen-bond donors (Lipinski definition) is 3. The van der Waals surface area contributed by atoms with Gasteiger partial charge >= 0.3 is 17.9 Å². The Morgan fingerprint density at radius 3 is 1.12 bits per heavy atom. The molecule has 3 N–H and O–H groups in total. The molecule has 0 heterocycles. The first kappa shape index (κ1) is 41.1. The van der Waals surface area contributed by atoms with Crippen LogP contribution in [0.5, 0.6) is 0 Å². The fourth-order valence-corrected chi connectivity index (χ4v) is 5.67. The maximum Gasteiger partial charge on any atom is 0.306 e. The van der Waals surface area contributed by atoms with Crippen LogP contribution in [0, 0.1) is 17.8 Å². The molecule has 3 unspecified atom stereocenters. The third-order valence-corrected chi connectivity index (χ3v) is 9.27. The highest BCUT2D eigenvalue weighted by Gasteiger charge is 2.31. The Morgan fingerprint density at radius 2 is 0.791 bits per heavy atom. The van der Waals surface area contributed by atoms with Gasteiger partial charge in [0, 0.05) is 19.3 Å². The SMILES string of the molecule is CCCCC/C=C/CCCCCCCCCCCCCC[N+](CCC(C)C(=O)O)(CCC(C)C(=O)O)CCC(C)C(=O)O. The molecule has 0 aromatic carbocycles. The van der Waals surface area contributed by atoms with Crippen LogP contribution < -0.4 is 0 Å². The number of aliphatic carboxylic acids is 3. The lowest BCUT2D eigenvalue weighted by atomic mass is 10.0. The summed E-state index contributed by atoms with van der Waals surface area (Å²) in [5.41, 5.74) is 0. The second-order valence-electron chi connectivity index (χ2n) is 13.3. The van der Waals surface area contributed by atoms with Crippen molar-refractivity contribution in [2.75, 3.05) is 26.2 Å². The van der Waals surface area contributed by atoms with Crippen molar-refractivity contribution in [3.05, 3.63) is 12.2 Å². The summed E-state index contributed by atoms with van der Waals surface area (Å²) in [5, 5.41) is 28.3. The standard InChI is InChI=1S/C36H67NO6/c1-5-6-7-8-9-10-11-12-13-14-15-16-17-18-19-20-21-22-23-27-37(28-24-31(2)34(38)39,29-25-32(3)35(40)41)30-26-33(4)36(42)43/h9-10,31-33H,5-8,11-30H2,1-4H3,(H2-,38,39,40,41,42,43)/p+1/b10-9+. The minimum absolute atomic E-state index is 0.478. The van der Waals surface area contributed by atoms with Crippen LogP contribution in [0.4, 0.5) is 0 Å². The van der Waals surface area contributed by atoms with E-state index < -0.39 is 35.7 Å². The van der Waals surface area contributed by atoms with Gasteiger partial charge in [0.25, 0.3) is 0 Å². The molecule has 0 saturated heterocycles. The van der Waals surface area contributed by atoms with E-state index in [1.54, 1.807) is 20.8 Å². The van der Waals surface area contributed by atoms with Gasteiger partial charge in [-0.1, -0.05) is 110 Å². The van der Waals surface area contributed by atoms with Gasteiger partial charge in [0.05, 0.1) is 43.9 Å². The lowest BCUT2D eigenvalue weighted by Gasteiger charge is -2.40. The van der Waals surface area contributed by atoms with Gasteiger partial charge in [-0.15, -0.1) is 0 Å². The van der Waals surface area contributed by atoms with E-state index in [0.29, 0.717) is 43.4 Å². The number of nitrogens with zero attached hydrogens (tertiary/aromatic N) is 1. The van der Waals surface area contributed by atoms with Crippen molar-refractivity contribution in [3.8, 4) is 0 Å². The quantitative estimate of drug-likeness (QED) is 0.0410. The Morgan fingerprint density at radius 1 is 0.488 bits per heavy atom. The zero-order valence-corrected chi connectivity index (χ0v) is 28.4. The number of carboxylic acid groups (broad SMARTS) is 3. The van der Waals surface area contributed by atoms with Crippen molar-refractivity contribution >= 4 is 17.9 Å². The molecule has 0 fully saturated rings. The van der Waals surface area contributed by atoms with Gasteiger partial charge in [-0.3, -0.25) is 14.4 Å². The molecule has 252 valence electrons. The van der Waals surface area contributed by atoms with E-state index in [-0.39, 0.29) is 0 Å². The van der Waals surface area contributed by atoms with Crippen molar-refractivity contribution < 1.29 is 34.2 Å². The van der Waals surface area contributed by atoms with Crippen LogP contribution in [0.2, 0.25) is 0 Å². The first-order valence-corrected chi connectivity index (χ1v) is 17.7. The number of unbranched alkanes of at least 4 members (excludes halogenated alkanes) is 15. The number of hydrogen-bond acceptors (Lipinski definition) is 3. The number of carboxylic acids is 3. The monoisotopic (exact) mass is 611 g/mol. The Bertz CT molecular complexity index is 692. The Kier molecular flexibility index (Phi) is 25.3. The summed E-state index contributed by atoms with van der Waals surface area (Å²) in [6.45, 7) is 10.2. The molecule has 0 aromatic heterocycles. The lowest BCUT2D eigenvalue weighted by Crippen LogP contribution is -2.52. The number of allylic oxidation sites excluding steroid dienone is 2. The highest BCUT2D eigenvalue weighted by molar-refractivity contribution is 5.70. The van der Waals surface area contributed by atoms with Crippen LogP contribution in [0.1, 0.15) is 156 Å². The average Bonchev–Trinajstić information content (AvgIpc) is 2.97. The Hall–Kier alpha value is -1.89. The first-order chi connectivity index (χ1) is 20.5. The maximum atomic E-state index is 11.5. The molecule has 0 saturated carbocycles. The average molecular weight is 611 g/mol. The fourth-order valence-electron chi connectivity index (χ4n) is 5.67. The molecular formula is C36H68NO6+. The molecule has 0 spiro atoms. The van der Waals surface area contributed by atoms with Gasteiger partial charge in [0.2, 0.25) is 0 Å². The van der Waals surface area contributed by atoms with Gasteiger partial charge in [0.1, 0.15) is 0 Å². The molecule has 43 heavy (non-hydrogen) atoms. The zero-order valence-electron chi connectivity index (χ0n) is 28.4. The van der Waals surface area contributed by atoms with E-state index >= 15 is 0 Å². The molecule has 0 aliphatic heterocycles. The minimum atomic E-state index is -0.822. The Labute approximate surface area is 264 Å². The van der Waals surface area contributed by atoms with Crippen LogP contribution >= 0.6 is 0 Å². The number of carbonyl (C=O) groups is 3. The van der Waals surface area contributed by atoms with Crippen LogP contribution in [0.3, 0.4) is 0 Å². The van der Waals surface area contributed by atoms with Gasteiger partial charge in [-0.2, -0.15) is 0 Å². The zero-order chi connectivity index (χ0) is 32.3. The van der Waals surface area contributed by atoms with Gasteiger partial charge in [-0.05, 0) is 38.5 Å². The number of rotatable bonds is 31. The van der Waals surface area contributed by atoms with Gasteiger partial charge < -0.3 is 19.8 Å². The molecule has 0 aliphatic rings. The predicted octanol–water partition coefficient (Wildman–Crippen LogP) is 9.34. The first-order valence-electron chi connectivity index (χ1n) is 17.7. The molecular weight excluding hydrogens is 542 g/mol. The van der Waals surface area contributed by atoms with Crippen LogP contribution in [-0.2, 0) is 14.4 Å². The third-order valence-electron chi connectivity index (χ3n) is 9.27. The van der Waals surface area contributed by atoms with E-state index in [9.17, 15) is 29.7 Å². The largest absolute Gasteiger partial charge is 0.481 e. The molecule has 3 atom stereocenters. The van der Waals surface area contributed by atoms with E-state index in [2.05, 4.69) is 19.1 Å². The topological polar surface area (TPSA) is 112 Å². The highest BCUT2D eigenvalue weighted by atomic mass is 16.4. The molecule has 0 rings (SSSR count). The van der Waals surface area contributed by atoms with Crippen molar-refractivity contribution in [2.45, 2.75) is 156 Å². The maximum absolute atomic E-state index is 11.5. The van der Waals surface area contributed by atoms with Crippen LogP contribution in [0.15, 0.2) is 12.2 Å². The molecule has 0 aromatic rings. The van der Waals surface area contributed by atoms with Gasteiger partial charge in [0.15, 0.2) is 0 Å². The molecule has 7 heteroatoms. The summed E-state index contributed by atoms with van der Waals surface area (Å²) in [6.07, 6.45) is 27.8. The minimum Gasteiger partial charge on any atom is -0.481 e. The summed E-state index contributed by atoms with van der Waals surface area (Å²) >= 11 is 0. The number of quaternary nitrogens is 1. The highest BCUT2D eigenvalue weighted by Crippen LogP contribution is 2.22. The van der Waals surface area contributed by atoms with Crippen LogP contribution in [-0.4, -0.2) is 63.9 Å². The van der Waals surface area contributed by atoms with E-state index in [1.807, 2.05) is 0 Å². The fraction of sp³-hybridized carbons (Fsp3) is 0.861.